The number of rotatable bonds is 1. The van der Waals surface area contributed by atoms with Gasteiger partial charge >= 0.3 is 0 Å². The van der Waals surface area contributed by atoms with Crippen LogP contribution >= 0.6 is 10.7 Å². The Bertz CT molecular complexity index is 588. The molecule has 2 rings (SSSR count). The normalized spacial score (nSPS) is 12.1. The van der Waals surface area contributed by atoms with Gasteiger partial charge in [-0.2, -0.15) is 0 Å². The molecule has 0 fully saturated rings. The van der Waals surface area contributed by atoms with Crippen LogP contribution in [0.5, 0.6) is 0 Å². The van der Waals surface area contributed by atoms with Crippen LogP contribution in [-0.4, -0.2) is 18.0 Å². The zero-order valence-electron chi connectivity index (χ0n) is 7.31. The quantitative estimate of drug-likeness (QED) is 0.698. The Labute approximate surface area is 85.5 Å². The molecule has 0 N–H and O–H groups in total. The highest BCUT2D eigenvalue weighted by molar-refractivity contribution is 8.13. The van der Waals surface area contributed by atoms with Crippen LogP contribution in [0.2, 0.25) is 0 Å². The molecule has 0 aliphatic rings. The predicted molar refractivity (Wildman–Crippen MR) is 53.8 cm³/mol. The van der Waals surface area contributed by atoms with Gasteiger partial charge in [-0.05, 0) is 12.1 Å². The van der Waals surface area contributed by atoms with Crippen LogP contribution in [0.4, 0.5) is 0 Å². The molecular formula is C8H7ClN2O2S. The monoisotopic (exact) mass is 230 g/mol. The Hall–Kier alpha value is -1.07. The highest BCUT2D eigenvalue weighted by Gasteiger charge is 2.11. The summed E-state index contributed by atoms with van der Waals surface area (Å²) in [5, 5.41) is 0.759. The third-order valence-electron chi connectivity index (χ3n) is 1.96. The SMILES string of the molecule is Cn1ccc2cc(S(=O)(=O)Cl)cnc21. The second-order valence-corrected chi connectivity index (χ2v) is 5.51. The summed E-state index contributed by atoms with van der Waals surface area (Å²) in [4.78, 5) is 4.03. The molecule has 4 nitrogen and oxygen atoms in total. The van der Waals surface area contributed by atoms with Crippen molar-refractivity contribution in [3.63, 3.8) is 0 Å². The fraction of sp³-hybridized carbons (Fsp3) is 0.125. The molecule has 0 saturated carbocycles. The molecule has 2 heterocycles. The second kappa shape index (κ2) is 2.96. The van der Waals surface area contributed by atoms with Gasteiger partial charge in [0, 0.05) is 35.5 Å². The maximum atomic E-state index is 11.0. The van der Waals surface area contributed by atoms with Crippen molar-refractivity contribution in [2.24, 2.45) is 7.05 Å². The van der Waals surface area contributed by atoms with E-state index < -0.39 is 9.05 Å². The second-order valence-electron chi connectivity index (χ2n) is 2.95. The zero-order chi connectivity index (χ0) is 10.3. The summed E-state index contributed by atoms with van der Waals surface area (Å²) < 4.78 is 23.8. The first-order valence-corrected chi connectivity index (χ1v) is 6.15. The first kappa shape index (κ1) is 9.48. The molecule has 0 spiro atoms. The van der Waals surface area contributed by atoms with Crippen molar-refractivity contribution >= 4 is 30.8 Å². The number of nitrogens with zero attached hydrogens (tertiary/aromatic N) is 2. The van der Waals surface area contributed by atoms with Gasteiger partial charge in [-0.15, -0.1) is 0 Å². The van der Waals surface area contributed by atoms with E-state index in [1.54, 1.807) is 10.6 Å². The molecule has 0 aliphatic carbocycles. The Balaban J connectivity index is 2.76. The first-order chi connectivity index (χ1) is 6.48. The third-order valence-corrected chi connectivity index (χ3v) is 3.28. The number of aromatic nitrogens is 2. The Kier molecular flexibility index (Phi) is 2.01. The first-order valence-electron chi connectivity index (χ1n) is 3.84. The van der Waals surface area contributed by atoms with E-state index in [9.17, 15) is 8.42 Å². The molecule has 0 unspecified atom stereocenters. The molecule has 6 heteroatoms. The van der Waals surface area contributed by atoms with Crippen LogP contribution in [0, 0.1) is 0 Å². The summed E-state index contributed by atoms with van der Waals surface area (Å²) in [5.74, 6) is 0. The molecule has 14 heavy (non-hydrogen) atoms. The van der Waals surface area contributed by atoms with E-state index in [0.29, 0.717) is 0 Å². The van der Waals surface area contributed by atoms with E-state index in [2.05, 4.69) is 4.98 Å². The van der Waals surface area contributed by atoms with Crippen molar-refractivity contribution in [3.05, 3.63) is 24.5 Å². The summed E-state index contributed by atoms with van der Waals surface area (Å²) in [6, 6.07) is 3.29. The maximum absolute atomic E-state index is 11.0. The summed E-state index contributed by atoms with van der Waals surface area (Å²) in [5.41, 5.74) is 0.731. The Morgan fingerprint density at radius 2 is 2.21 bits per heavy atom. The topological polar surface area (TPSA) is 52.0 Å². The molecule has 0 aliphatic heterocycles. The third kappa shape index (κ3) is 1.49. The number of aryl methyl sites for hydroxylation is 1. The molecule has 0 atom stereocenters. The van der Waals surface area contributed by atoms with Gasteiger partial charge in [0.25, 0.3) is 9.05 Å². The van der Waals surface area contributed by atoms with Gasteiger partial charge in [0.15, 0.2) is 0 Å². The van der Waals surface area contributed by atoms with Crippen molar-refractivity contribution in [1.29, 1.82) is 0 Å². The van der Waals surface area contributed by atoms with Crippen molar-refractivity contribution in [1.82, 2.24) is 9.55 Å². The van der Waals surface area contributed by atoms with Gasteiger partial charge in [-0.3, -0.25) is 0 Å². The highest BCUT2D eigenvalue weighted by atomic mass is 35.7. The largest absolute Gasteiger partial charge is 0.336 e. The number of hydrogen-bond donors (Lipinski definition) is 0. The van der Waals surface area contributed by atoms with Gasteiger partial charge in [-0.25, -0.2) is 13.4 Å². The number of halogens is 1. The molecule has 0 aromatic carbocycles. The standard InChI is InChI=1S/C8H7ClN2O2S/c1-11-3-2-6-4-7(14(9,12)13)5-10-8(6)11/h2-5H,1H3. The van der Waals surface area contributed by atoms with Gasteiger partial charge in [0.2, 0.25) is 0 Å². The molecule has 0 amide bonds. The van der Waals surface area contributed by atoms with Crippen molar-refractivity contribution < 1.29 is 8.42 Å². The van der Waals surface area contributed by atoms with E-state index in [4.69, 9.17) is 10.7 Å². The van der Waals surface area contributed by atoms with Crippen LogP contribution < -0.4 is 0 Å². The van der Waals surface area contributed by atoms with Gasteiger partial charge in [0.05, 0.1) is 0 Å². The maximum Gasteiger partial charge on any atom is 0.262 e. The summed E-state index contributed by atoms with van der Waals surface area (Å²) in [6.45, 7) is 0. The Morgan fingerprint density at radius 1 is 1.50 bits per heavy atom. The number of fused-ring (bicyclic) bond motifs is 1. The molecule has 0 radical (unpaired) electrons. The lowest BCUT2D eigenvalue weighted by atomic mass is 10.3. The molecule has 74 valence electrons. The summed E-state index contributed by atoms with van der Waals surface area (Å²) in [6.07, 6.45) is 3.06. The molecule has 0 saturated heterocycles. The lowest BCUT2D eigenvalue weighted by Crippen LogP contribution is -1.93. The average molecular weight is 231 g/mol. The van der Waals surface area contributed by atoms with Crippen LogP contribution in [0.1, 0.15) is 0 Å². The summed E-state index contributed by atoms with van der Waals surface area (Å²) in [7, 11) is 3.34. The van der Waals surface area contributed by atoms with Crippen LogP contribution in [-0.2, 0) is 16.1 Å². The zero-order valence-corrected chi connectivity index (χ0v) is 8.88. The minimum Gasteiger partial charge on any atom is -0.336 e. The Morgan fingerprint density at radius 3 is 2.86 bits per heavy atom. The van der Waals surface area contributed by atoms with Crippen molar-refractivity contribution in [3.8, 4) is 0 Å². The van der Waals surface area contributed by atoms with Crippen molar-refractivity contribution in [2.75, 3.05) is 0 Å². The summed E-state index contributed by atoms with van der Waals surface area (Å²) >= 11 is 0. The van der Waals surface area contributed by atoms with E-state index >= 15 is 0 Å². The van der Waals surface area contributed by atoms with Gasteiger partial charge < -0.3 is 4.57 Å². The van der Waals surface area contributed by atoms with Crippen molar-refractivity contribution in [2.45, 2.75) is 4.90 Å². The lowest BCUT2D eigenvalue weighted by Gasteiger charge is -1.97. The molecule has 0 bridgehead atoms. The van der Waals surface area contributed by atoms with E-state index in [1.807, 2.05) is 13.2 Å². The smallest absolute Gasteiger partial charge is 0.262 e. The van der Waals surface area contributed by atoms with Gasteiger partial charge in [0.1, 0.15) is 10.5 Å². The van der Waals surface area contributed by atoms with E-state index in [1.165, 1.54) is 12.3 Å². The fourth-order valence-electron chi connectivity index (χ4n) is 1.27. The highest BCUT2D eigenvalue weighted by Crippen LogP contribution is 2.19. The minimum atomic E-state index is -3.68. The van der Waals surface area contributed by atoms with Gasteiger partial charge in [-0.1, -0.05) is 0 Å². The van der Waals surface area contributed by atoms with Crippen LogP contribution in [0.25, 0.3) is 11.0 Å². The number of hydrogen-bond acceptors (Lipinski definition) is 3. The number of pyridine rings is 1. The molecular weight excluding hydrogens is 224 g/mol. The molecule has 2 aromatic heterocycles. The van der Waals surface area contributed by atoms with Crippen LogP contribution in [0.15, 0.2) is 29.4 Å². The van der Waals surface area contributed by atoms with E-state index in [0.717, 1.165) is 11.0 Å². The van der Waals surface area contributed by atoms with Crippen LogP contribution in [0.3, 0.4) is 0 Å². The fourth-order valence-corrected chi connectivity index (χ4v) is 1.97. The minimum absolute atomic E-state index is 0.0258. The average Bonchev–Trinajstić information content (AvgIpc) is 2.46. The molecule has 2 aromatic rings. The predicted octanol–water partition coefficient (Wildman–Crippen LogP) is 1.50. The lowest BCUT2D eigenvalue weighted by molar-refractivity contribution is 0.609. The van der Waals surface area contributed by atoms with E-state index in [-0.39, 0.29) is 4.90 Å².